The van der Waals surface area contributed by atoms with E-state index >= 15 is 0 Å². The van der Waals surface area contributed by atoms with Gasteiger partial charge in [0.1, 0.15) is 0 Å². The minimum absolute atomic E-state index is 0.0114. The summed E-state index contributed by atoms with van der Waals surface area (Å²) in [7, 11) is 0. The lowest BCUT2D eigenvalue weighted by atomic mass is 10.1. The zero-order valence-corrected chi connectivity index (χ0v) is 16.7. The van der Waals surface area contributed by atoms with Gasteiger partial charge in [0.25, 0.3) is 0 Å². The first-order valence-electron chi connectivity index (χ1n) is 9.58. The first-order chi connectivity index (χ1) is 13.7. The maximum Gasteiger partial charge on any atom is 0.237 e. The van der Waals surface area contributed by atoms with Gasteiger partial charge in [-0.1, -0.05) is 30.3 Å². The van der Waals surface area contributed by atoms with Crippen LogP contribution in [0.1, 0.15) is 6.92 Å². The molecule has 3 aromatic rings. The molecule has 0 radical (unpaired) electrons. The molecule has 4 nitrogen and oxygen atoms in total. The average molecular weight is 393 g/mol. The Morgan fingerprint density at radius 1 is 1.00 bits per heavy atom. The van der Waals surface area contributed by atoms with Crippen LogP contribution in [0.25, 0.3) is 10.8 Å². The molecule has 3 aromatic carbocycles. The van der Waals surface area contributed by atoms with Crippen LogP contribution < -0.4 is 10.2 Å². The number of carbonyl (C=O) groups excluding carboxylic acids is 1. The van der Waals surface area contributed by atoms with Crippen LogP contribution in [0.15, 0.2) is 71.6 Å². The molecule has 1 fully saturated rings. The van der Waals surface area contributed by atoms with Crippen molar-refractivity contribution in [1.82, 2.24) is 0 Å². The molecule has 0 bridgehead atoms. The van der Waals surface area contributed by atoms with Crippen LogP contribution in [0.3, 0.4) is 0 Å². The molecular formula is C23H24N2O2S. The van der Waals surface area contributed by atoms with Crippen molar-refractivity contribution in [3.63, 3.8) is 0 Å². The smallest absolute Gasteiger partial charge is 0.237 e. The van der Waals surface area contributed by atoms with E-state index in [4.69, 9.17) is 4.74 Å². The second-order valence-corrected chi connectivity index (χ2v) is 8.32. The van der Waals surface area contributed by atoms with Crippen LogP contribution in [0, 0.1) is 0 Å². The van der Waals surface area contributed by atoms with E-state index in [1.807, 2.05) is 31.2 Å². The van der Waals surface area contributed by atoms with E-state index in [0.717, 1.165) is 36.9 Å². The quantitative estimate of drug-likeness (QED) is 0.634. The summed E-state index contributed by atoms with van der Waals surface area (Å²) in [5.74, 6) is 0.0114. The van der Waals surface area contributed by atoms with Gasteiger partial charge in [-0.15, -0.1) is 11.8 Å². The first kappa shape index (κ1) is 18.8. The van der Waals surface area contributed by atoms with E-state index in [-0.39, 0.29) is 11.2 Å². The molecule has 1 saturated heterocycles. The van der Waals surface area contributed by atoms with Gasteiger partial charge in [-0.3, -0.25) is 4.79 Å². The molecule has 5 heteroatoms. The van der Waals surface area contributed by atoms with E-state index in [2.05, 4.69) is 52.7 Å². The summed E-state index contributed by atoms with van der Waals surface area (Å²) >= 11 is 1.58. The van der Waals surface area contributed by atoms with Crippen molar-refractivity contribution in [2.75, 3.05) is 36.5 Å². The molecule has 0 saturated carbocycles. The number of hydrogen-bond acceptors (Lipinski definition) is 4. The maximum atomic E-state index is 12.6. The predicted molar refractivity (Wildman–Crippen MR) is 117 cm³/mol. The molecule has 0 aliphatic carbocycles. The van der Waals surface area contributed by atoms with Gasteiger partial charge in [-0.25, -0.2) is 0 Å². The summed E-state index contributed by atoms with van der Waals surface area (Å²) in [5, 5.41) is 5.25. The molecule has 28 heavy (non-hydrogen) atoms. The Hall–Kier alpha value is -2.50. The molecule has 1 amide bonds. The Labute approximate surface area is 169 Å². The normalized spacial score (nSPS) is 15.4. The number of rotatable bonds is 5. The Morgan fingerprint density at radius 3 is 2.46 bits per heavy atom. The van der Waals surface area contributed by atoms with Crippen molar-refractivity contribution in [3.8, 4) is 0 Å². The molecule has 0 aromatic heterocycles. The van der Waals surface area contributed by atoms with Crippen molar-refractivity contribution in [1.29, 1.82) is 0 Å². The van der Waals surface area contributed by atoms with Crippen molar-refractivity contribution < 1.29 is 9.53 Å². The van der Waals surface area contributed by atoms with Crippen LogP contribution in [0.5, 0.6) is 0 Å². The molecule has 1 atom stereocenters. The van der Waals surface area contributed by atoms with Crippen LogP contribution in [0.2, 0.25) is 0 Å². The van der Waals surface area contributed by atoms with Gasteiger partial charge in [0.05, 0.1) is 18.5 Å². The molecule has 144 valence electrons. The number of thioether (sulfide) groups is 1. The third kappa shape index (κ3) is 4.49. The van der Waals surface area contributed by atoms with Crippen LogP contribution in [-0.2, 0) is 9.53 Å². The Balaban J connectivity index is 1.36. The summed E-state index contributed by atoms with van der Waals surface area (Å²) in [6.07, 6.45) is 0. The van der Waals surface area contributed by atoms with E-state index in [9.17, 15) is 4.79 Å². The number of morpholine rings is 1. The predicted octanol–water partition coefficient (Wildman–Crippen LogP) is 4.80. The monoisotopic (exact) mass is 392 g/mol. The topological polar surface area (TPSA) is 41.6 Å². The van der Waals surface area contributed by atoms with E-state index in [0.29, 0.717) is 0 Å². The van der Waals surface area contributed by atoms with Crippen molar-refractivity contribution in [2.24, 2.45) is 0 Å². The molecule has 4 rings (SSSR count). The van der Waals surface area contributed by atoms with E-state index in [1.54, 1.807) is 11.8 Å². The van der Waals surface area contributed by atoms with Crippen molar-refractivity contribution >= 4 is 39.8 Å². The molecule has 0 spiro atoms. The molecular weight excluding hydrogens is 368 g/mol. The second kappa shape index (κ2) is 8.67. The van der Waals surface area contributed by atoms with Gasteiger partial charge in [-0.2, -0.15) is 0 Å². The Bertz CT molecular complexity index is 952. The average Bonchev–Trinajstić information content (AvgIpc) is 2.75. The summed E-state index contributed by atoms with van der Waals surface area (Å²) in [6.45, 7) is 5.29. The molecule has 1 aliphatic heterocycles. The zero-order chi connectivity index (χ0) is 19.3. The van der Waals surface area contributed by atoms with Gasteiger partial charge >= 0.3 is 0 Å². The molecule has 0 unspecified atom stereocenters. The number of ether oxygens (including phenoxy) is 1. The van der Waals surface area contributed by atoms with Crippen molar-refractivity contribution in [2.45, 2.75) is 17.1 Å². The number of nitrogens with zero attached hydrogens (tertiary/aromatic N) is 1. The van der Waals surface area contributed by atoms with E-state index < -0.39 is 0 Å². The van der Waals surface area contributed by atoms with Gasteiger partial charge < -0.3 is 15.0 Å². The number of amides is 1. The van der Waals surface area contributed by atoms with Gasteiger partial charge in [-0.05, 0) is 54.1 Å². The SMILES string of the molecule is C[C@@H](Sc1ccc2ccccc2c1)C(=O)Nc1ccc(N2CCOCC2)cc1. The second-order valence-electron chi connectivity index (χ2n) is 6.90. The largest absolute Gasteiger partial charge is 0.378 e. The van der Waals surface area contributed by atoms with Gasteiger partial charge in [0.15, 0.2) is 0 Å². The third-order valence-electron chi connectivity index (χ3n) is 4.91. The van der Waals surface area contributed by atoms with Crippen LogP contribution in [-0.4, -0.2) is 37.5 Å². The fraction of sp³-hybridized carbons (Fsp3) is 0.261. The number of benzene rings is 3. The zero-order valence-electron chi connectivity index (χ0n) is 15.9. The summed E-state index contributed by atoms with van der Waals surface area (Å²) in [5.41, 5.74) is 1.99. The lowest BCUT2D eigenvalue weighted by Gasteiger charge is -2.28. The lowest BCUT2D eigenvalue weighted by Crippen LogP contribution is -2.36. The Kier molecular flexibility index (Phi) is 5.84. The summed E-state index contributed by atoms with van der Waals surface area (Å²) in [6, 6.07) is 22.6. The number of hydrogen-bond donors (Lipinski definition) is 1. The minimum Gasteiger partial charge on any atom is -0.378 e. The van der Waals surface area contributed by atoms with Gasteiger partial charge in [0, 0.05) is 29.4 Å². The minimum atomic E-state index is -0.180. The fourth-order valence-corrected chi connectivity index (χ4v) is 4.24. The highest BCUT2D eigenvalue weighted by atomic mass is 32.2. The highest BCUT2D eigenvalue weighted by Gasteiger charge is 2.16. The highest BCUT2D eigenvalue weighted by molar-refractivity contribution is 8.00. The molecule has 1 heterocycles. The first-order valence-corrected chi connectivity index (χ1v) is 10.5. The highest BCUT2D eigenvalue weighted by Crippen LogP contribution is 2.28. The number of carbonyl (C=O) groups is 1. The van der Waals surface area contributed by atoms with Crippen LogP contribution in [0.4, 0.5) is 11.4 Å². The van der Waals surface area contributed by atoms with Crippen LogP contribution >= 0.6 is 11.8 Å². The Morgan fingerprint density at radius 2 is 1.71 bits per heavy atom. The van der Waals surface area contributed by atoms with Gasteiger partial charge in [0.2, 0.25) is 5.91 Å². The molecule has 1 aliphatic rings. The standard InChI is InChI=1S/C23H24N2O2S/c1-17(28-22-11-6-18-4-2-3-5-19(18)16-22)23(26)24-20-7-9-21(10-8-20)25-12-14-27-15-13-25/h2-11,16-17H,12-15H2,1H3,(H,24,26)/t17-/m1/s1. The number of nitrogens with one attached hydrogen (secondary N) is 1. The number of fused-ring (bicyclic) bond motifs is 1. The third-order valence-corrected chi connectivity index (χ3v) is 6.01. The number of anilines is 2. The fourth-order valence-electron chi connectivity index (χ4n) is 3.32. The van der Waals surface area contributed by atoms with Crippen molar-refractivity contribution in [3.05, 3.63) is 66.7 Å². The lowest BCUT2D eigenvalue weighted by molar-refractivity contribution is -0.115. The molecule has 1 N–H and O–H groups in total. The maximum absolute atomic E-state index is 12.6. The van der Waals surface area contributed by atoms with E-state index in [1.165, 1.54) is 16.5 Å². The summed E-state index contributed by atoms with van der Waals surface area (Å²) in [4.78, 5) is 16.0. The summed E-state index contributed by atoms with van der Waals surface area (Å²) < 4.78 is 5.40.